The van der Waals surface area contributed by atoms with Crippen molar-refractivity contribution in [3.05, 3.63) is 105 Å². The Morgan fingerprint density at radius 3 is 2.40 bits per heavy atom. The molecule has 0 aliphatic carbocycles. The van der Waals surface area contributed by atoms with Gasteiger partial charge in [0.1, 0.15) is 17.9 Å². The van der Waals surface area contributed by atoms with Crippen LogP contribution in [0.3, 0.4) is 0 Å². The largest absolute Gasteiger partial charge is 0.488 e. The van der Waals surface area contributed by atoms with Gasteiger partial charge in [-0.05, 0) is 55.3 Å². The molecule has 0 radical (unpaired) electrons. The summed E-state index contributed by atoms with van der Waals surface area (Å²) >= 11 is 0. The summed E-state index contributed by atoms with van der Waals surface area (Å²) in [5, 5.41) is 13.1. The van der Waals surface area contributed by atoms with Crippen molar-refractivity contribution in [3.8, 4) is 5.75 Å². The van der Waals surface area contributed by atoms with Crippen molar-refractivity contribution in [1.82, 2.24) is 5.32 Å². The molecule has 0 unspecified atom stereocenters. The number of nitro benzene ring substituents is 1. The fourth-order valence-corrected chi connectivity index (χ4v) is 3.69. The summed E-state index contributed by atoms with van der Waals surface area (Å²) in [6, 6.07) is 17.2. The average Bonchev–Trinajstić information content (AvgIpc) is 2.82. The van der Waals surface area contributed by atoms with Gasteiger partial charge in [-0.25, -0.2) is 9.69 Å². The van der Waals surface area contributed by atoms with Crippen molar-refractivity contribution in [2.24, 2.45) is 0 Å². The van der Waals surface area contributed by atoms with E-state index in [1.165, 1.54) is 18.2 Å². The molecule has 9 heteroatoms. The third kappa shape index (κ3) is 4.93. The Morgan fingerprint density at radius 2 is 1.71 bits per heavy atom. The maximum Gasteiger partial charge on any atom is 0.335 e. The second-order valence-electron chi connectivity index (χ2n) is 8.00. The molecule has 1 fully saturated rings. The normalized spacial score (nSPS) is 14.7. The van der Waals surface area contributed by atoms with Crippen LogP contribution in [0, 0.1) is 24.0 Å². The topological polar surface area (TPSA) is 119 Å². The number of hydrogen-bond acceptors (Lipinski definition) is 6. The number of carbonyl (C=O) groups excluding carboxylic acids is 3. The van der Waals surface area contributed by atoms with Crippen LogP contribution in [0.4, 0.5) is 16.2 Å². The standard InChI is InChI=1S/C26H21N3O6/c1-16-7-12-22(17(2)13-16)28-25(31)21(24(30)27-26(28)32)14-19-5-3-4-6-23(19)35-15-18-8-10-20(11-9-18)29(33)34/h3-14H,15H2,1-2H3,(H,27,30,32)/b21-14+. The molecule has 1 heterocycles. The van der Waals surface area contributed by atoms with Gasteiger partial charge in [0.2, 0.25) is 0 Å². The lowest BCUT2D eigenvalue weighted by atomic mass is 10.0. The van der Waals surface area contributed by atoms with Crippen LogP contribution in [0.2, 0.25) is 0 Å². The first-order valence-electron chi connectivity index (χ1n) is 10.7. The number of ether oxygens (including phenoxy) is 1. The molecule has 1 N–H and O–H groups in total. The van der Waals surface area contributed by atoms with Crippen LogP contribution in [0.1, 0.15) is 22.3 Å². The van der Waals surface area contributed by atoms with Gasteiger partial charge in [0.15, 0.2) is 0 Å². The molecule has 3 aromatic rings. The van der Waals surface area contributed by atoms with Crippen LogP contribution in [-0.2, 0) is 16.2 Å². The van der Waals surface area contributed by atoms with Gasteiger partial charge in [-0.2, -0.15) is 0 Å². The molecule has 4 rings (SSSR count). The Balaban J connectivity index is 1.62. The molecule has 1 saturated heterocycles. The number of amides is 4. The Hall–Kier alpha value is -4.79. The molecule has 35 heavy (non-hydrogen) atoms. The lowest BCUT2D eigenvalue weighted by Crippen LogP contribution is -2.54. The smallest absolute Gasteiger partial charge is 0.335 e. The highest BCUT2D eigenvalue weighted by molar-refractivity contribution is 6.39. The number of non-ortho nitro benzene ring substituents is 1. The highest BCUT2D eigenvalue weighted by Crippen LogP contribution is 2.28. The first-order chi connectivity index (χ1) is 16.7. The van der Waals surface area contributed by atoms with E-state index in [-0.39, 0.29) is 17.9 Å². The number of hydrogen-bond donors (Lipinski definition) is 1. The number of anilines is 1. The zero-order chi connectivity index (χ0) is 25.1. The number of nitrogens with one attached hydrogen (secondary N) is 1. The van der Waals surface area contributed by atoms with Crippen LogP contribution in [0.15, 0.2) is 72.3 Å². The van der Waals surface area contributed by atoms with Crippen molar-refractivity contribution in [2.45, 2.75) is 20.5 Å². The van der Waals surface area contributed by atoms with Gasteiger partial charge in [0.05, 0.1) is 10.6 Å². The van der Waals surface area contributed by atoms with Gasteiger partial charge in [0.25, 0.3) is 17.5 Å². The molecular formula is C26H21N3O6. The summed E-state index contributed by atoms with van der Waals surface area (Å²) in [7, 11) is 0. The average molecular weight is 471 g/mol. The number of nitro groups is 1. The van der Waals surface area contributed by atoms with Crippen LogP contribution >= 0.6 is 0 Å². The number of imide groups is 2. The van der Waals surface area contributed by atoms with Crippen molar-refractivity contribution >= 4 is 35.3 Å². The maximum atomic E-state index is 13.2. The van der Waals surface area contributed by atoms with E-state index in [9.17, 15) is 24.5 Å². The number of aryl methyl sites for hydroxylation is 2. The van der Waals surface area contributed by atoms with E-state index in [0.29, 0.717) is 28.1 Å². The van der Waals surface area contributed by atoms with Gasteiger partial charge in [-0.1, -0.05) is 35.9 Å². The van der Waals surface area contributed by atoms with Gasteiger partial charge in [0, 0.05) is 17.7 Å². The minimum atomic E-state index is -0.813. The number of carbonyl (C=O) groups is 3. The highest BCUT2D eigenvalue weighted by atomic mass is 16.6. The Bertz CT molecular complexity index is 1380. The molecule has 1 aliphatic heterocycles. The summed E-state index contributed by atoms with van der Waals surface area (Å²) in [6.45, 7) is 3.80. The zero-order valence-corrected chi connectivity index (χ0v) is 19.0. The third-order valence-corrected chi connectivity index (χ3v) is 5.46. The Labute approximate surface area is 200 Å². The van der Waals surface area contributed by atoms with E-state index in [1.807, 2.05) is 13.0 Å². The number of nitrogens with zero attached hydrogens (tertiary/aromatic N) is 2. The molecule has 0 spiro atoms. The van der Waals surface area contributed by atoms with Crippen molar-refractivity contribution in [2.75, 3.05) is 4.90 Å². The molecule has 9 nitrogen and oxygen atoms in total. The number of benzene rings is 3. The molecule has 176 valence electrons. The predicted octanol–water partition coefficient (Wildman–Crippen LogP) is 4.46. The quantitative estimate of drug-likeness (QED) is 0.245. The Morgan fingerprint density at radius 1 is 1.00 bits per heavy atom. The molecule has 0 bridgehead atoms. The summed E-state index contributed by atoms with van der Waals surface area (Å²) in [5.74, 6) is -1.14. The molecule has 4 amide bonds. The fourth-order valence-electron chi connectivity index (χ4n) is 3.69. The van der Waals surface area contributed by atoms with Crippen LogP contribution in [0.25, 0.3) is 6.08 Å². The first kappa shape index (κ1) is 23.4. The van der Waals surface area contributed by atoms with E-state index in [2.05, 4.69) is 5.32 Å². The van der Waals surface area contributed by atoms with Gasteiger partial charge in [-0.3, -0.25) is 25.0 Å². The van der Waals surface area contributed by atoms with Crippen molar-refractivity contribution in [1.29, 1.82) is 0 Å². The molecule has 0 aromatic heterocycles. The van der Waals surface area contributed by atoms with Gasteiger partial charge >= 0.3 is 6.03 Å². The number of urea groups is 1. The predicted molar refractivity (Wildman–Crippen MR) is 129 cm³/mol. The number of barbiturate groups is 1. The van der Waals surface area contributed by atoms with Gasteiger partial charge < -0.3 is 4.74 Å². The fraction of sp³-hybridized carbons (Fsp3) is 0.115. The highest BCUT2D eigenvalue weighted by Gasteiger charge is 2.37. The van der Waals surface area contributed by atoms with E-state index in [1.54, 1.807) is 55.5 Å². The molecule has 0 saturated carbocycles. The van der Waals surface area contributed by atoms with Crippen molar-refractivity contribution in [3.63, 3.8) is 0 Å². The molecule has 3 aromatic carbocycles. The SMILES string of the molecule is Cc1ccc(N2C(=O)NC(=O)/C(=C\c3ccccc3OCc3ccc([N+](=O)[O-])cc3)C2=O)c(C)c1. The van der Waals surface area contributed by atoms with E-state index >= 15 is 0 Å². The lowest BCUT2D eigenvalue weighted by Gasteiger charge is -2.27. The Kier molecular flexibility index (Phi) is 6.41. The molecule has 0 atom stereocenters. The molecular weight excluding hydrogens is 450 g/mol. The van der Waals surface area contributed by atoms with Crippen molar-refractivity contribution < 1.29 is 24.0 Å². The third-order valence-electron chi connectivity index (χ3n) is 5.46. The molecule has 1 aliphatic rings. The second kappa shape index (κ2) is 9.60. The maximum absolute atomic E-state index is 13.2. The summed E-state index contributed by atoms with van der Waals surface area (Å²) < 4.78 is 5.86. The minimum Gasteiger partial charge on any atom is -0.488 e. The lowest BCUT2D eigenvalue weighted by molar-refractivity contribution is -0.384. The van der Waals surface area contributed by atoms with E-state index in [0.717, 1.165) is 10.5 Å². The van der Waals surface area contributed by atoms with E-state index < -0.39 is 22.8 Å². The minimum absolute atomic E-state index is 0.0244. The summed E-state index contributed by atoms with van der Waals surface area (Å²) in [4.78, 5) is 49.6. The summed E-state index contributed by atoms with van der Waals surface area (Å²) in [5.41, 5.74) is 3.01. The van der Waals surface area contributed by atoms with Gasteiger partial charge in [-0.15, -0.1) is 0 Å². The van der Waals surface area contributed by atoms with E-state index in [4.69, 9.17) is 4.74 Å². The number of rotatable bonds is 6. The summed E-state index contributed by atoms with van der Waals surface area (Å²) in [6.07, 6.45) is 1.38. The van der Waals surface area contributed by atoms with Crippen LogP contribution < -0.4 is 15.0 Å². The first-order valence-corrected chi connectivity index (χ1v) is 10.7. The second-order valence-corrected chi connectivity index (χ2v) is 8.00. The van der Waals surface area contributed by atoms with Crippen LogP contribution in [-0.4, -0.2) is 22.8 Å². The zero-order valence-electron chi connectivity index (χ0n) is 19.0. The number of para-hydroxylation sites is 1. The van der Waals surface area contributed by atoms with Crippen LogP contribution in [0.5, 0.6) is 5.75 Å². The monoisotopic (exact) mass is 471 g/mol.